The number of rotatable bonds is 1. The molecular formula is C13H21NO3S. The van der Waals surface area contributed by atoms with E-state index < -0.39 is 10.0 Å². The van der Waals surface area contributed by atoms with Crippen LogP contribution in [0.1, 0.15) is 27.7 Å². The van der Waals surface area contributed by atoms with Crippen LogP contribution < -0.4 is 4.74 Å². The standard InChI is InChI=1S/C11H15NO3S.C2H6/c1-3-12-8-9(2)15-10-6-4-5-7-11(10)16(12,13)14;1-2/h4-7,9H,3,8H2,1-2H3;1-2H3. The molecule has 1 aliphatic rings. The minimum atomic E-state index is -3.39. The summed E-state index contributed by atoms with van der Waals surface area (Å²) in [5.74, 6) is 0.450. The Morgan fingerprint density at radius 3 is 2.56 bits per heavy atom. The zero-order chi connectivity index (χ0) is 13.8. The van der Waals surface area contributed by atoms with Gasteiger partial charge in [-0.1, -0.05) is 32.9 Å². The van der Waals surface area contributed by atoms with E-state index in [-0.39, 0.29) is 11.0 Å². The first-order valence-electron chi connectivity index (χ1n) is 6.31. The molecule has 0 bridgehead atoms. The van der Waals surface area contributed by atoms with Gasteiger partial charge in [-0.05, 0) is 19.1 Å². The van der Waals surface area contributed by atoms with Gasteiger partial charge >= 0.3 is 0 Å². The van der Waals surface area contributed by atoms with E-state index >= 15 is 0 Å². The van der Waals surface area contributed by atoms with Gasteiger partial charge in [-0.2, -0.15) is 4.31 Å². The number of nitrogens with zero attached hydrogens (tertiary/aromatic N) is 1. The highest BCUT2D eigenvalue weighted by atomic mass is 32.2. The Morgan fingerprint density at radius 1 is 1.33 bits per heavy atom. The van der Waals surface area contributed by atoms with Gasteiger partial charge < -0.3 is 4.74 Å². The van der Waals surface area contributed by atoms with Crippen molar-refractivity contribution in [2.75, 3.05) is 13.1 Å². The second kappa shape index (κ2) is 6.20. The zero-order valence-electron chi connectivity index (χ0n) is 11.4. The first-order valence-corrected chi connectivity index (χ1v) is 7.75. The molecule has 0 saturated carbocycles. The van der Waals surface area contributed by atoms with Crippen LogP contribution >= 0.6 is 0 Å². The van der Waals surface area contributed by atoms with Crippen molar-refractivity contribution in [3.05, 3.63) is 24.3 Å². The summed E-state index contributed by atoms with van der Waals surface area (Å²) in [5, 5.41) is 0. The first-order chi connectivity index (χ1) is 8.55. The molecular weight excluding hydrogens is 250 g/mol. The van der Waals surface area contributed by atoms with E-state index in [0.717, 1.165) is 0 Å². The number of hydrogen-bond donors (Lipinski definition) is 0. The summed E-state index contributed by atoms with van der Waals surface area (Å²) < 4.78 is 31.5. The fourth-order valence-electron chi connectivity index (χ4n) is 1.84. The predicted octanol–water partition coefficient (Wildman–Crippen LogP) is 2.50. The van der Waals surface area contributed by atoms with E-state index in [2.05, 4.69) is 0 Å². The molecule has 1 heterocycles. The maximum atomic E-state index is 12.2. The average molecular weight is 271 g/mol. The summed E-state index contributed by atoms with van der Waals surface area (Å²) in [5.41, 5.74) is 0. The van der Waals surface area contributed by atoms with Gasteiger partial charge in [0, 0.05) is 6.54 Å². The monoisotopic (exact) mass is 271 g/mol. The van der Waals surface area contributed by atoms with Crippen molar-refractivity contribution in [3.8, 4) is 5.75 Å². The summed E-state index contributed by atoms with van der Waals surface area (Å²) in [6.07, 6.45) is -0.127. The quantitative estimate of drug-likeness (QED) is 0.788. The molecule has 1 aliphatic heterocycles. The Hall–Kier alpha value is -1.07. The normalized spacial score (nSPS) is 21.9. The second-order valence-corrected chi connectivity index (χ2v) is 5.74. The molecule has 2 rings (SSSR count). The van der Waals surface area contributed by atoms with Gasteiger partial charge in [-0.25, -0.2) is 8.42 Å². The number of likely N-dealkylation sites (N-methyl/N-ethyl adjacent to an activating group) is 1. The van der Waals surface area contributed by atoms with Crippen LogP contribution in [-0.2, 0) is 10.0 Å². The molecule has 0 aliphatic carbocycles. The summed E-state index contributed by atoms with van der Waals surface area (Å²) in [6, 6.07) is 6.78. The van der Waals surface area contributed by atoms with Gasteiger partial charge in [0.1, 0.15) is 16.7 Å². The molecule has 0 fully saturated rings. The predicted molar refractivity (Wildman–Crippen MR) is 72.3 cm³/mol. The second-order valence-electron chi connectivity index (χ2n) is 3.83. The van der Waals surface area contributed by atoms with Gasteiger partial charge in [0.05, 0.1) is 6.54 Å². The first kappa shape index (κ1) is 15.0. The lowest BCUT2D eigenvalue weighted by molar-refractivity contribution is 0.194. The third-order valence-electron chi connectivity index (χ3n) is 2.61. The molecule has 0 radical (unpaired) electrons. The minimum Gasteiger partial charge on any atom is -0.488 e. The zero-order valence-corrected chi connectivity index (χ0v) is 12.2. The van der Waals surface area contributed by atoms with Crippen molar-refractivity contribution < 1.29 is 13.2 Å². The van der Waals surface area contributed by atoms with E-state index in [1.807, 2.05) is 27.7 Å². The van der Waals surface area contributed by atoms with Crippen LogP contribution in [0.3, 0.4) is 0 Å². The van der Waals surface area contributed by atoms with Gasteiger partial charge in [0.2, 0.25) is 10.0 Å². The number of para-hydroxylation sites is 1. The van der Waals surface area contributed by atoms with Crippen molar-refractivity contribution in [3.63, 3.8) is 0 Å². The van der Waals surface area contributed by atoms with E-state index in [1.54, 1.807) is 24.3 Å². The Morgan fingerprint density at radius 2 is 1.94 bits per heavy atom. The number of fused-ring (bicyclic) bond motifs is 1. The number of ether oxygens (including phenoxy) is 1. The Labute approximate surface area is 110 Å². The molecule has 102 valence electrons. The molecule has 0 N–H and O–H groups in total. The summed E-state index contributed by atoms with van der Waals surface area (Å²) in [4.78, 5) is 0.265. The Bertz CT molecular complexity index is 485. The van der Waals surface area contributed by atoms with Gasteiger partial charge in [-0.3, -0.25) is 0 Å². The molecule has 0 amide bonds. The largest absolute Gasteiger partial charge is 0.488 e. The van der Waals surface area contributed by atoms with Crippen molar-refractivity contribution in [1.82, 2.24) is 4.31 Å². The smallest absolute Gasteiger partial charge is 0.246 e. The molecule has 0 aromatic heterocycles. The number of benzene rings is 1. The fraction of sp³-hybridized carbons (Fsp3) is 0.538. The fourth-order valence-corrected chi connectivity index (χ4v) is 3.48. The number of hydrogen-bond acceptors (Lipinski definition) is 3. The molecule has 0 saturated heterocycles. The van der Waals surface area contributed by atoms with Gasteiger partial charge in [0.25, 0.3) is 0 Å². The van der Waals surface area contributed by atoms with Gasteiger partial charge in [0.15, 0.2) is 0 Å². The van der Waals surface area contributed by atoms with Crippen molar-refractivity contribution in [1.29, 1.82) is 0 Å². The molecule has 5 heteroatoms. The summed E-state index contributed by atoms with van der Waals surface area (Å²) in [6.45, 7) is 8.57. The van der Waals surface area contributed by atoms with Crippen LogP contribution in [0.25, 0.3) is 0 Å². The Balaban J connectivity index is 0.000000771. The molecule has 18 heavy (non-hydrogen) atoms. The van der Waals surface area contributed by atoms with Crippen molar-refractivity contribution >= 4 is 10.0 Å². The van der Waals surface area contributed by atoms with Gasteiger partial charge in [-0.15, -0.1) is 0 Å². The van der Waals surface area contributed by atoms with E-state index in [9.17, 15) is 8.42 Å². The van der Waals surface area contributed by atoms with Crippen LogP contribution in [0, 0.1) is 0 Å². The topological polar surface area (TPSA) is 46.6 Å². The van der Waals surface area contributed by atoms with E-state index in [1.165, 1.54) is 4.31 Å². The minimum absolute atomic E-state index is 0.127. The van der Waals surface area contributed by atoms with Crippen LogP contribution in [0.4, 0.5) is 0 Å². The molecule has 0 spiro atoms. The lowest BCUT2D eigenvalue weighted by Gasteiger charge is -2.18. The lowest BCUT2D eigenvalue weighted by atomic mass is 10.3. The summed E-state index contributed by atoms with van der Waals surface area (Å²) >= 11 is 0. The lowest BCUT2D eigenvalue weighted by Crippen LogP contribution is -2.35. The maximum Gasteiger partial charge on any atom is 0.246 e. The van der Waals surface area contributed by atoms with Crippen LogP contribution in [0.2, 0.25) is 0 Å². The van der Waals surface area contributed by atoms with Crippen LogP contribution in [0.15, 0.2) is 29.2 Å². The SMILES string of the molecule is CC.CCN1CC(C)Oc2ccccc2S1(=O)=O. The van der Waals surface area contributed by atoms with Crippen LogP contribution in [-0.4, -0.2) is 31.9 Å². The van der Waals surface area contributed by atoms with Crippen molar-refractivity contribution in [2.45, 2.75) is 38.7 Å². The van der Waals surface area contributed by atoms with Crippen LogP contribution in [0.5, 0.6) is 5.75 Å². The maximum absolute atomic E-state index is 12.2. The molecule has 1 unspecified atom stereocenters. The van der Waals surface area contributed by atoms with Crippen molar-refractivity contribution in [2.24, 2.45) is 0 Å². The average Bonchev–Trinajstić information content (AvgIpc) is 2.47. The third-order valence-corrected chi connectivity index (χ3v) is 4.59. The number of sulfonamides is 1. The highest BCUT2D eigenvalue weighted by Crippen LogP contribution is 2.30. The molecule has 1 aromatic carbocycles. The highest BCUT2D eigenvalue weighted by Gasteiger charge is 2.31. The molecule has 1 atom stereocenters. The molecule has 1 aromatic rings. The Kier molecular flexibility index (Phi) is 5.16. The molecule has 4 nitrogen and oxygen atoms in total. The van der Waals surface area contributed by atoms with E-state index in [0.29, 0.717) is 18.8 Å². The van der Waals surface area contributed by atoms with E-state index in [4.69, 9.17) is 4.74 Å². The highest BCUT2D eigenvalue weighted by molar-refractivity contribution is 7.89. The third kappa shape index (κ3) is 2.84. The summed E-state index contributed by atoms with van der Waals surface area (Å²) in [7, 11) is -3.39.